The number of nitrogens with zero attached hydrogens (tertiary/aromatic N) is 7. The van der Waals surface area contributed by atoms with Gasteiger partial charge in [-0.25, -0.2) is 9.97 Å². The van der Waals surface area contributed by atoms with E-state index in [4.69, 9.17) is 9.47 Å². The molecule has 0 bridgehead atoms. The predicted octanol–water partition coefficient (Wildman–Crippen LogP) is 7.63. The van der Waals surface area contributed by atoms with Gasteiger partial charge >= 0.3 is 0 Å². The fraction of sp³-hybridized carbons (Fsp3) is 0.0870. The van der Waals surface area contributed by atoms with Gasteiger partial charge in [0.05, 0.1) is 52.7 Å². The van der Waals surface area contributed by atoms with Crippen LogP contribution in [0.25, 0.3) is 55.2 Å². The molecule has 6 heterocycles. The summed E-state index contributed by atoms with van der Waals surface area (Å²) in [6.07, 6.45) is 3.94. The number of H-pyrrole nitrogens is 2. The van der Waals surface area contributed by atoms with E-state index in [1.165, 1.54) is 6.07 Å². The summed E-state index contributed by atoms with van der Waals surface area (Å²) in [5, 5.41) is 28.7. The molecule has 4 aromatic carbocycles. The number of fused-ring (bicyclic) bond motifs is 6. The largest absolute Gasteiger partial charge is 0.497 e. The highest BCUT2D eigenvalue weighted by atomic mass is 16.6. The van der Waals surface area contributed by atoms with Crippen LogP contribution < -0.4 is 20.6 Å². The first kappa shape index (κ1) is 38.1. The van der Waals surface area contributed by atoms with Crippen molar-refractivity contribution in [2.24, 2.45) is 0 Å². The second kappa shape index (κ2) is 16.1. The van der Waals surface area contributed by atoms with Crippen LogP contribution in [0.5, 0.6) is 11.5 Å². The summed E-state index contributed by atoms with van der Waals surface area (Å²) in [7, 11) is 3.24. The zero-order valence-corrected chi connectivity index (χ0v) is 32.8. The van der Waals surface area contributed by atoms with Crippen LogP contribution >= 0.6 is 0 Å². The van der Waals surface area contributed by atoms with Crippen LogP contribution in [-0.2, 0) is 12.8 Å². The van der Waals surface area contributed by atoms with Gasteiger partial charge in [0.25, 0.3) is 16.8 Å². The molecule has 0 fully saturated rings. The molecule has 300 valence electrons. The van der Waals surface area contributed by atoms with Gasteiger partial charge in [-0.15, -0.1) is 0 Å². The van der Waals surface area contributed by atoms with E-state index < -0.39 is 4.92 Å². The molecule has 0 atom stereocenters. The summed E-state index contributed by atoms with van der Waals surface area (Å²) in [6, 6.07) is 38.3. The van der Waals surface area contributed by atoms with E-state index in [-0.39, 0.29) is 23.2 Å². The van der Waals surface area contributed by atoms with Crippen molar-refractivity contribution in [3.05, 3.63) is 193 Å². The van der Waals surface area contributed by atoms with Gasteiger partial charge in [0, 0.05) is 53.2 Å². The average Bonchev–Trinajstić information content (AvgIpc) is 3.93. The number of aromatic nitrogens is 8. The molecule has 0 spiro atoms. The third-order valence-corrected chi connectivity index (χ3v) is 10.5. The standard InChI is InChI=1S/C24H20N4O3.C22H15N5O3/c1-30-17-10-11-20(31-2)15(13-17)14-19-21-22(27-26-19)18-9-6-12-25-23(18)28(24(21)29)16-7-4-3-5-8-16;28-22-19-17(13-14-7-4-5-11-18(14)27(29)30)24-25-20(19)16-10-6-12-23-21(16)26(22)15-8-2-1-3-9-15/h3-13H,14H2,1-2H3,(H,26,27);1-12H,13H2,(H,24,25). The van der Waals surface area contributed by atoms with Crippen LogP contribution in [0.1, 0.15) is 22.5 Å². The van der Waals surface area contributed by atoms with Gasteiger partial charge in [0.2, 0.25) is 0 Å². The lowest BCUT2D eigenvalue weighted by atomic mass is 10.0. The van der Waals surface area contributed by atoms with Crippen LogP contribution in [0.4, 0.5) is 5.69 Å². The van der Waals surface area contributed by atoms with Gasteiger partial charge < -0.3 is 9.47 Å². The molecule has 15 nitrogen and oxygen atoms in total. The first-order valence-electron chi connectivity index (χ1n) is 19.1. The highest BCUT2D eigenvalue weighted by Crippen LogP contribution is 2.30. The van der Waals surface area contributed by atoms with Gasteiger partial charge in [0.1, 0.15) is 33.8 Å². The molecular formula is C46H35N9O6. The minimum absolute atomic E-state index is 0.00564. The number of methoxy groups -OCH3 is 2. The summed E-state index contributed by atoms with van der Waals surface area (Å²) < 4.78 is 14.1. The van der Waals surface area contributed by atoms with Crippen LogP contribution in [-0.4, -0.2) is 58.6 Å². The molecule has 0 saturated heterocycles. The molecule has 10 rings (SSSR count). The van der Waals surface area contributed by atoms with Crippen molar-refractivity contribution in [2.75, 3.05) is 14.2 Å². The Morgan fingerprint density at radius 2 is 1.11 bits per heavy atom. The Morgan fingerprint density at radius 3 is 1.62 bits per heavy atom. The van der Waals surface area contributed by atoms with Gasteiger partial charge in [-0.05, 0) is 66.7 Å². The van der Waals surface area contributed by atoms with Crippen molar-refractivity contribution < 1.29 is 14.4 Å². The topological polar surface area (TPSA) is 189 Å². The van der Waals surface area contributed by atoms with Crippen LogP contribution in [0.2, 0.25) is 0 Å². The number of hydrogen-bond donors (Lipinski definition) is 2. The monoisotopic (exact) mass is 809 g/mol. The fourth-order valence-corrected chi connectivity index (χ4v) is 7.67. The molecule has 0 saturated carbocycles. The fourth-order valence-electron chi connectivity index (χ4n) is 7.67. The third kappa shape index (κ3) is 6.89. The number of ether oxygens (including phenoxy) is 2. The highest BCUT2D eigenvalue weighted by Gasteiger charge is 2.22. The van der Waals surface area contributed by atoms with Crippen molar-refractivity contribution in [1.29, 1.82) is 0 Å². The molecule has 10 aromatic rings. The van der Waals surface area contributed by atoms with Crippen LogP contribution in [0.15, 0.2) is 149 Å². The number of benzene rings is 4. The number of nitrogens with one attached hydrogen (secondary N) is 2. The lowest BCUT2D eigenvalue weighted by Gasteiger charge is -2.12. The highest BCUT2D eigenvalue weighted by molar-refractivity contribution is 6.04. The maximum absolute atomic E-state index is 13.7. The SMILES string of the molecule is COc1ccc(OC)c(Cc2[nH]nc3c2c(=O)n(-c2ccccc2)c2ncccc32)c1.O=c1c2c(Cc3ccccc3[N+](=O)[O-])[nH]nc2c2cccnc2n1-c1ccccc1. The molecule has 0 radical (unpaired) electrons. The molecule has 2 N–H and O–H groups in total. The lowest BCUT2D eigenvalue weighted by molar-refractivity contribution is -0.385. The minimum Gasteiger partial charge on any atom is -0.497 e. The van der Waals surface area contributed by atoms with E-state index in [1.807, 2.05) is 97.1 Å². The molecule has 0 aliphatic heterocycles. The van der Waals surface area contributed by atoms with Crippen molar-refractivity contribution in [1.82, 2.24) is 39.5 Å². The van der Waals surface area contributed by atoms with Crippen molar-refractivity contribution in [3.63, 3.8) is 0 Å². The van der Waals surface area contributed by atoms with Gasteiger partial charge in [-0.3, -0.25) is 39.0 Å². The van der Waals surface area contributed by atoms with E-state index in [1.54, 1.807) is 60.0 Å². The Balaban J connectivity index is 0.000000156. The first-order chi connectivity index (χ1) is 29.9. The van der Waals surface area contributed by atoms with Crippen LogP contribution in [0.3, 0.4) is 0 Å². The molecule has 61 heavy (non-hydrogen) atoms. The second-order valence-corrected chi connectivity index (χ2v) is 14.0. The molecule has 6 aromatic heterocycles. The lowest BCUT2D eigenvalue weighted by Crippen LogP contribution is -2.20. The van der Waals surface area contributed by atoms with Gasteiger partial charge in [-0.1, -0.05) is 54.6 Å². The summed E-state index contributed by atoms with van der Waals surface area (Å²) in [6.45, 7) is 0. The zero-order chi connectivity index (χ0) is 42.0. The number of nitro groups is 1. The smallest absolute Gasteiger partial charge is 0.272 e. The Hall–Kier alpha value is -8.46. The summed E-state index contributed by atoms with van der Waals surface area (Å²) in [5.41, 5.74) is 5.83. The molecule has 0 aliphatic rings. The Bertz CT molecular complexity index is 3380. The Labute approximate surface area is 345 Å². The van der Waals surface area contributed by atoms with E-state index in [0.717, 1.165) is 33.5 Å². The maximum Gasteiger partial charge on any atom is 0.272 e. The molecular weight excluding hydrogens is 775 g/mol. The van der Waals surface area contributed by atoms with E-state index in [9.17, 15) is 19.7 Å². The van der Waals surface area contributed by atoms with E-state index in [0.29, 0.717) is 62.2 Å². The molecule has 0 unspecified atom stereocenters. The maximum atomic E-state index is 13.7. The molecule has 0 aliphatic carbocycles. The summed E-state index contributed by atoms with van der Waals surface area (Å²) >= 11 is 0. The van der Waals surface area contributed by atoms with Crippen molar-refractivity contribution in [3.8, 4) is 22.9 Å². The number of rotatable bonds is 9. The normalized spacial score (nSPS) is 11.2. The molecule has 0 amide bonds. The quantitative estimate of drug-likeness (QED) is 0.108. The second-order valence-electron chi connectivity index (χ2n) is 14.0. The number of hydrogen-bond acceptors (Lipinski definition) is 10. The Kier molecular flexibility index (Phi) is 10.0. The number of para-hydroxylation sites is 3. The van der Waals surface area contributed by atoms with Crippen LogP contribution in [0, 0.1) is 10.1 Å². The number of nitro benzene ring substituents is 1. The number of aromatic amines is 2. The minimum atomic E-state index is -0.421. The van der Waals surface area contributed by atoms with E-state index >= 15 is 0 Å². The first-order valence-corrected chi connectivity index (χ1v) is 19.1. The van der Waals surface area contributed by atoms with Crippen molar-refractivity contribution >= 4 is 49.6 Å². The average molecular weight is 810 g/mol. The van der Waals surface area contributed by atoms with Crippen molar-refractivity contribution in [2.45, 2.75) is 12.8 Å². The zero-order valence-electron chi connectivity index (χ0n) is 32.8. The van der Waals surface area contributed by atoms with E-state index in [2.05, 4.69) is 30.4 Å². The number of pyridine rings is 4. The summed E-state index contributed by atoms with van der Waals surface area (Å²) in [4.78, 5) is 47.1. The summed E-state index contributed by atoms with van der Waals surface area (Å²) in [5.74, 6) is 1.44. The molecule has 15 heteroatoms. The van der Waals surface area contributed by atoms with Gasteiger partial charge in [0.15, 0.2) is 0 Å². The third-order valence-electron chi connectivity index (χ3n) is 10.5. The van der Waals surface area contributed by atoms with Gasteiger partial charge in [-0.2, -0.15) is 10.2 Å². The Morgan fingerprint density at radius 1 is 0.607 bits per heavy atom. The predicted molar refractivity (Wildman–Crippen MR) is 232 cm³/mol.